The van der Waals surface area contributed by atoms with Gasteiger partial charge in [0.1, 0.15) is 6.10 Å². The predicted octanol–water partition coefficient (Wildman–Crippen LogP) is 5.31. The minimum absolute atomic E-state index is 0.0476. The molecule has 0 aliphatic heterocycles. The molecule has 1 fully saturated rings. The number of amides is 1. The van der Waals surface area contributed by atoms with Crippen molar-refractivity contribution in [1.82, 2.24) is 5.32 Å². The number of benzene rings is 2. The standard InChI is InChI=1S/C21H23Cl2NO2/c1-26-19(17-6-2-3-7-18(17)23)14-24-20(25)21(12-4-5-13-21)15-8-10-16(22)11-9-15/h2-3,6-11,19H,4-5,12-14H2,1H3,(H,24,25). The van der Waals surface area contributed by atoms with Gasteiger partial charge in [0.2, 0.25) is 5.91 Å². The largest absolute Gasteiger partial charge is 0.375 e. The minimum Gasteiger partial charge on any atom is -0.375 e. The molecule has 138 valence electrons. The quantitative estimate of drug-likeness (QED) is 0.724. The van der Waals surface area contributed by atoms with Gasteiger partial charge < -0.3 is 10.1 Å². The van der Waals surface area contributed by atoms with Crippen LogP contribution in [0.3, 0.4) is 0 Å². The molecule has 0 saturated heterocycles. The van der Waals surface area contributed by atoms with Crippen LogP contribution in [0.1, 0.15) is 42.9 Å². The third-order valence-corrected chi connectivity index (χ3v) is 5.87. The Labute approximate surface area is 164 Å². The van der Waals surface area contributed by atoms with Gasteiger partial charge in [0.25, 0.3) is 0 Å². The van der Waals surface area contributed by atoms with Crippen molar-refractivity contribution in [3.63, 3.8) is 0 Å². The highest BCUT2D eigenvalue weighted by Gasteiger charge is 2.42. The molecule has 26 heavy (non-hydrogen) atoms. The summed E-state index contributed by atoms with van der Waals surface area (Å²) in [5, 5.41) is 4.42. The Morgan fingerprint density at radius 3 is 2.38 bits per heavy atom. The SMILES string of the molecule is COC(CNC(=O)C1(c2ccc(Cl)cc2)CCCC1)c1ccccc1Cl. The summed E-state index contributed by atoms with van der Waals surface area (Å²) in [7, 11) is 1.63. The lowest BCUT2D eigenvalue weighted by Crippen LogP contribution is -2.44. The average Bonchev–Trinajstić information content (AvgIpc) is 3.15. The van der Waals surface area contributed by atoms with Crippen LogP contribution >= 0.6 is 23.2 Å². The van der Waals surface area contributed by atoms with Crippen LogP contribution in [-0.4, -0.2) is 19.6 Å². The Bertz CT molecular complexity index is 755. The number of hydrogen-bond donors (Lipinski definition) is 1. The first-order chi connectivity index (χ1) is 12.6. The number of carbonyl (C=O) groups is 1. The maximum absolute atomic E-state index is 13.2. The van der Waals surface area contributed by atoms with E-state index in [1.165, 1.54) is 0 Å². The van der Waals surface area contributed by atoms with Crippen LogP contribution in [0.4, 0.5) is 0 Å². The van der Waals surface area contributed by atoms with Gasteiger partial charge in [0.15, 0.2) is 0 Å². The molecule has 0 radical (unpaired) electrons. The van der Waals surface area contributed by atoms with Gasteiger partial charge in [-0.15, -0.1) is 0 Å². The van der Waals surface area contributed by atoms with E-state index < -0.39 is 5.41 Å². The van der Waals surface area contributed by atoms with Crippen molar-refractivity contribution in [2.24, 2.45) is 0 Å². The Morgan fingerprint density at radius 1 is 1.12 bits per heavy atom. The molecule has 0 bridgehead atoms. The molecule has 1 atom stereocenters. The Morgan fingerprint density at radius 2 is 1.77 bits per heavy atom. The summed E-state index contributed by atoms with van der Waals surface area (Å²) in [5.41, 5.74) is 1.43. The van der Waals surface area contributed by atoms with E-state index in [0.29, 0.717) is 16.6 Å². The molecular formula is C21H23Cl2NO2. The molecule has 1 unspecified atom stereocenters. The summed E-state index contributed by atoms with van der Waals surface area (Å²) >= 11 is 12.3. The van der Waals surface area contributed by atoms with Crippen molar-refractivity contribution < 1.29 is 9.53 Å². The second-order valence-corrected chi connectivity index (χ2v) is 7.60. The molecule has 1 aliphatic rings. The van der Waals surface area contributed by atoms with Crippen molar-refractivity contribution in [2.75, 3.05) is 13.7 Å². The topological polar surface area (TPSA) is 38.3 Å². The third kappa shape index (κ3) is 3.90. The minimum atomic E-state index is -0.483. The number of rotatable bonds is 6. The first kappa shape index (κ1) is 19.2. The van der Waals surface area contributed by atoms with E-state index in [2.05, 4.69) is 5.32 Å². The normalized spacial score (nSPS) is 17.0. The molecule has 5 heteroatoms. The number of methoxy groups -OCH3 is 1. The number of carbonyl (C=O) groups excluding carboxylic acids is 1. The highest BCUT2D eigenvalue weighted by molar-refractivity contribution is 6.31. The van der Waals surface area contributed by atoms with Crippen molar-refractivity contribution >= 4 is 29.1 Å². The van der Waals surface area contributed by atoms with Gasteiger partial charge in [-0.1, -0.05) is 66.4 Å². The summed E-state index contributed by atoms with van der Waals surface area (Å²) in [6, 6.07) is 15.2. The van der Waals surface area contributed by atoms with E-state index in [9.17, 15) is 4.79 Å². The fraction of sp³-hybridized carbons (Fsp3) is 0.381. The summed E-state index contributed by atoms with van der Waals surface area (Å²) in [5.74, 6) is 0.0476. The molecule has 0 aromatic heterocycles. The van der Waals surface area contributed by atoms with Crippen molar-refractivity contribution in [2.45, 2.75) is 37.2 Å². The molecule has 0 heterocycles. The van der Waals surface area contributed by atoms with E-state index in [4.69, 9.17) is 27.9 Å². The third-order valence-electron chi connectivity index (χ3n) is 5.27. The van der Waals surface area contributed by atoms with E-state index in [1.54, 1.807) is 7.11 Å². The molecule has 1 N–H and O–H groups in total. The second-order valence-electron chi connectivity index (χ2n) is 6.75. The highest BCUT2D eigenvalue weighted by atomic mass is 35.5. The summed E-state index contributed by atoms with van der Waals surface area (Å²) < 4.78 is 5.57. The Kier molecular flexibility index (Phi) is 6.23. The van der Waals surface area contributed by atoms with Gasteiger partial charge >= 0.3 is 0 Å². The maximum Gasteiger partial charge on any atom is 0.230 e. The van der Waals surface area contributed by atoms with Gasteiger partial charge in [-0.05, 0) is 36.6 Å². The Balaban J connectivity index is 1.76. The first-order valence-electron chi connectivity index (χ1n) is 8.88. The first-order valence-corrected chi connectivity index (χ1v) is 9.64. The predicted molar refractivity (Wildman–Crippen MR) is 106 cm³/mol. The highest BCUT2D eigenvalue weighted by Crippen LogP contribution is 2.41. The second kappa shape index (κ2) is 8.43. The van der Waals surface area contributed by atoms with Crippen molar-refractivity contribution in [3.05, 3.63) is 69.7 Å². The zero-order valence-electron chi connectivity index (χ0n) is 14.8. The summed E-state index contributed by atoms with van der Waals surface area (Å²) in [6.45, 7) is 0.383. The van der Waals surface area contributed by atoms with E-state index in [0.717, 1.165) is 36.8 Å². The van der Waals surface area contributed by atoms with Gasteiger partial charge in [-0.3, -0.25) is 4.79 Å². The zero-order chi connectivity index (χ0) is 18.6. The van der Waals surface area contributed by atoms with Gasteiger partial charge in [-0.25, -0.2) is 0 Å². The van der Waals surface area contributed by atoms with Gasteiger partial charge in [-0.2, -0.15) is 0 Å². The molecule has 1 aliphatic carbocycles. The fourth-order valence-electron chi connectivity index (χ4n) is 3.81. The van der Waals surface area contributed by atoms with Crippen LogP contribution in [0.5, 0.6) is 0 Å². The van der Waals surface area contributed by atoms with Crippen LogP contribution in [0.25, 0.3) is 0 Å². The molecule has 2 aromatic rings. The number of hydrogen-bond acceptors (Lipinski definition) is 2. The van der Waals surface area contributed by atoms with E-state index in [1.807, 2.05) is 48.5 Å². The Hall–Kier alpha value is -1.55. The smallest absolute Gasteiger partial charge is 0.230 e. The molecule has 2 aromatic carbocycles. The number of nitrogens with one attached hydrogen (secondary N) is 1. The zero-order valence-corrected chi connectivity index (χ0v) is 16.3. The van der Waals surface area contributed by atoms with Gasteiger partial charge in [0.05, 0.1) is 5.41 Å². The lowest BCUT2D eigenvalue weighted by Gasteiger charge is -2.29. The number of ether oxygens (including phenoxy) is 1. The average molecular weight is 392 g/mol. The van der Waals surface area contributed by atoms with E-state index >= 15 is 0 Å². The summed E-state index contributed by atoms with van der Waals surface area (Å²) in [4.78, 5) is 13.2. The van der Waals surface area contributed by atoms with Crippen LogP contribution in [-0.2, 0) is 14.9 Å². The van der Waals surface area contributed by atoms with Crippen LogP contribution in [0.2, 0.25) is 10.0 Å². The molecule has 1 saturated carbocycles. The van der Waals surface area contributed by atoms with Crippen LogP contribution in [0, 0.1) is 0 Å². The fourth-order valence-corrected chi connectivity index (χ4v) is 4.19. The van der Waals surface area contributed by atoms with E-state index in [-0.39, 0.29) is 12.0 Å². The lowest BCUT2D eigenvalue weighted by atomic mass is 9.78. The van der Waals surface area contributed by atoms with Gasteiger partial charge in [0, 0.05) is 29.3 Å². The molecule has 1 amide bonds. The monoisotopic (exact) mass is 391 g/mol. The lowest BCUT2D eigenvalue weighted by molar-refractivity contribution is -0.127. The van der Waals surface area contributed by atoms with Crippen LogP contribution in [0.15, 0.2) is 48.5 Å². The molecular weight excluding hydrogens is 369 g/mol. The molecule has 3 nitrogen and oxygen atoms in total. The molecule has 0 spiro atoms. The number of halogens is 2. The molecule has 3 rings (SSSR count). The van der Waals surface area contributed by atoms with Crippen molar-refractivity contribution in [3.8, 4) is 0 Å². The van der Waals surface area contributed by atoms with Crippen LogP contribution < -0.4 is 5.32 Å². The summed E-state index contributed by atoms with van der Waals surface area (Å²) in [6.07, 6.45) is 3.52. The van der Waals surface area contributed by atoms with Crippen molar-refractivity contribution in [1.29, 1.82) is 0 Å². The maximum atomic E-state index is 13.2.